The van der Waals surface area contributed by atoms with Crippen LogP contribution in [0.25, 0.3) is 0 Å². The van der Waals surface area contributed by atoms with Gasteiger partial charge < -0.3 is 14.8 Å². The van der Waals surface area contributed by atoms with E-state index in [-0.39, 0.29) is 23.6 Å². The number of anilines is 1. The lowest BCUT2D eigenvalue weighted by Crippen LogP contribution is -2.30. The quantitative estimate of drug-likeness (QED) is 0.575. The summed E-state index contributed by atoms with van der Waals surface area (Å²) in [6.45, 7) is 5.25. The van der Waals surface area contributed by atoms with Gasteiger partial charge in [0.2, 0.25) is 5.91 Å². The molecule has 1 N–H and O–H groups in total. The SMILES string of the molecule is CCn1c(SCC(=O)N2CCc3ccccc32)nnc1[C@@H](C)NC(=O)c1ccccc1. The van der Waals surface area contributed by atoms with Crippen LogP contribution in [0, 0.1) is 0 Å². The molecule has 0 saturated heterocycles. The first-order valence-electron chi connectivity index (χ1n) is 10.4. The van der Waals surface area contributed by atoms with Crippen molar-refractivity contribution in [3.8, 4) is 0 Å². The van der Waals surface area contributed by atoms with E-state index in [1.807, 2.05) is 59.7 Å². The number of fused-ring (bicyclic) bond motifs is 1. The highest BCUT2D eigenvalue weighted by Crippen LogP contribution is 2.29. The maximum absolute atomic E-state index is 12.8. The van der Waals surface area contributed by atoms with Crippen molar-refractivity contribution in [3.05, 3.63) is 71.5 Å². The van der Waals surface area contributed by atoms with Crippen LogP contribution in [0.1, 0.15) is 41.6 Å². The summed E-state index contributed by atoms with van der Waals surface area (Å²) in [7, 11) is 0. The molecular formula is C23H25N5O2S. The number of aromatic nitrogens is 3. The second kappa shape index (κ2) is 9.34. The molecule has 4 rings (SSSR count). The number of thioether (sulfide) groups is 1. The number of carbonyl (C=O) groups excluding carboxylic acids is 2. The van der Waals surface area contributed by atoms with Gasteiger partial charge in [-0.25, -0.2) is 0 Å². The Balaban J connectivity index is 1.41. The first-order valence-corrected chi connectivity index (χ1v) is 11.4. The minimum absolute atomic E-state index is 0.0626. The molecule has 0 radical (unpaired) electrons. The zero-order chi connectivity index (χ0) is 21.8. The molecule has 2 aromatic carbocycles. The molecular weight excluding hydrogens is 410 g/mol. The van der Waals surface area contributed by atoms with E-state index in [2.05, 4.69) is 21.6 Å². The molecule has 0 aliphatic carbocycles. The number of nitrogens with one attached hydrogen (secondary N) is 1. The third-order valence-corrected chi connectivity index (χ3v) is 6.30. The fourth-order valence-corrected chi connectivity index (χ4v) is 4.65. The zero-order valence-corrected chi connectivity index (χ0v) is 18.4. The molecule has 1 aliphatic rings. The van der Waals surface area contributed by atoms with Gasteiger partial charge in [-0.3, -0.25) is 9.59 Å². The van der Waals surface area contributed by atoms with Crippen LogP contribution in [0.2, 0.25) is 0 Å². The van der Waals surface area contributed by atoms with Gasteiger partial charge >= 0.3 is 0 Å². The molecule has 0 fully saturated rings. The number of nitrogens with zero attached hydrogens (tertiary/aromatic N) is 4. The van der Waals surface area contributed by atoms with Crippen LogP contribution in [0.5, 0.6) is 0 Å². The lowest BCUT2D eigenvalue weighted by atomic mass is 10.2. The Kier molecular flexibility index (Phi) is 6.36. The van der Waals surface area contributed by atoms with Crippen molar-refractivity contribution in [3.63, 3.8) is 0 Å². The fourth-order valence-electron chi connectivity index (χ4n) is 3.76. The summed E-state index contributed by atoms with van der Waals surface area (Å²) >= 11 is 1.38. The van der Waals surface area contributed by atoms with Crippen LogP contribution in [-0.2, 0) is 17.8 Å². The highest BCUT2D eigenvalue weighted by atomic mass is 32.2. The number of rotatable bonds is 7. The minimum atomic E-state index is -0.310. The summed E-state index contributed by atoms with van der Waals surface area (Å²) in [5.74, 6) is 0.869. The monoisotopic (exact) mass is 435 g/mol. The number of amides is 2. The number of carbonyl (C=O) groups is 2. The van der Waals surface area contributed by atoms with E-state index < -0.39 is 0 Å². The van der Waals surface area contributed by atoms with Crippen LogP contribution in [0.15, 0.2) is 59.8 Å². The Morgan fingerprint density at radius 3 is 2.61 bits per heavy atom. The third kappa shape index (κ3) is 4.49. The molecule has 1 aliphatic heterocycles. The first kappa shape index (κ1) is 21.1. The third-order valence-electron chi connectivity index (χ3n) is 5.35. The van der Waals surface area contributed by atoms with Crippen molar-refractivity contribution in [1.29, 1.82) is 0 Å². The standard InChI is InChI=1S/C23H25N5O2S/c1-3-27-21(16(2)24-22(30)18-10-5-4-6-11-18)25-26-23(27)31-15-20(29)28-14-13-17-9-7-8-12-19(17)28/h4-12,16H,3,13-15H2,1-2H3,(H,24,30)/t16-/m1/s1. The van der Waals surface area contributed by atoms with Gasteiger partial charge in [0.25, 0.3) is 5.91 Å². The smallest absolute Gasteiger partial charge is 0.251 e. The normalized spacial score (nSPS) is 13.7. The molecule has 3 aromatic rings. The van der Waals surface area contributed by atoms with E-state index in [1.165, 1.54) is 17.3 Å². The Morgan fingerprint density at radius 1 is 1.10 bits per heavy atom. The molecule has 8 heteroatoms. The predicted octanol–water partition coefficient (Wildman–Crippen LogP) is 3.47. The molecule has 0 bridgehead atoms. The molecule has 1 aromatic heterocycles. The van der Waals surface area contributed by atoms with E-state index in [1.54, 1.807) is 12.1 Å². The number of benzene rings is 2. The lowest BCUT2D eigenvalue weighted by molar-refractivity contribution is -0.116. The van der Waals surface area contributed by atoms with E-state index in [9.17, 15) is 9.59 Å². The number of para-hydroxylation sites is 1. The van der Waals surface area contributed by atoms with Crippen molar-refractivity contribution in [1.82, 2.24) is 20.1 Å². The molecule has 2 amide bonds. The Hall–Kier alpha value is -3.13. The molecule has 0 spiro atoms. The van der Waals surface area contributed by atoms with Gasteiger partial charge in [-0.05, 0) is 44.0 Å². The van der Waals surface area contributed by atoms with Crippen LogP contribution in [0.4, 0.5) is 5.69 Å². The first-order chi connectivity index (χ1) is 15.1. The summed E-state index contributed by atoms with van der Waals surface area (Å²) in [5, 5.41) is 12.2. The van der Waals surface area contributed by atoms with Crippen molar-refractivity contribution in [2.45, 2.75) is 38.0 Å². The molecule has 1 atom stereocenters. The highest BCUT2D eigenvalue weighted by molar-refractivity contribution is 7.99. The van der Waals surface area contributed by atoms with Crippen LogP contribution in [0.3, 0.4) is 0 Å². The van der Waals surface area contributed by atoms with Gasteiger partial charge in [0.05, 0.1) is 11.8 Å². The second-order valence-electron chi connectivity index (χ2n) is 7.36. The van der Waals surface area contributed by atoms with Crippen LogP contribution < -0.4 is 10.2 Å². The van der Waals surface area contributed by atoms with E-state index in [0.717, 1.165) is 12.1 Å². The van der Waals surface area contributed by atoms with Crippen molar-refractivity contribution >= 4 is 29.3 Å². The van der Waals surface area contributed by atoms with Crippen molar-refractivity contribution in [2.24, 2.45) is 0 Å². The van der Waals surface area contributed by atoms with Gasteiger partial charge in [0.1, 0.15) is 0 Å². The van der Waals surface area contributed by atoms with E-state index in [4.69, 9.17) is 0 Å². The Bertz CT molecular complexity index is 1080. The number of hydrogen-bond donors (Lipinski definition) is 1. The molecule has 0 saturated carbocycles. The van der Waals surface area contributed by atoms with E-state index in [0.29, 0.717) is 29.6 Å². The lowest BCUT2D eigenvalue weighted by Gasteiger charge is -2.17. The summed E-state index contributed by atoms with van der Waals surface area (Å²) in [6.07, 6.45) is 0.889. The van der Waals surface area contributed by atoms with Crippen LogP contribution in [-0.4, -0.2) is 38.9 Å². The predicted molar refractivity (Wildman–Crippen MR) is 121 cm³/mol. The molecule has 2 heterocycles. The highest BCUT2D eigenvalue weighted by Gasteiger charge is 2.25. The van der Waals surface area contributed by atoms with Gasteiger partial charge in [0.15, 0.2) is 11.0 Å². The summed E-state index contributed by atoms with van der Waals surface area (Å²) in [5.41, 5.74) is 2.81. The molecule has 31 heavy (non-hydrogen) atoms. The van der Waals surface area contributed by atoms with Crippen molar-refractivity contribution < 1.29 is 9.59 Å². The molecule has 7 nitrogen and oxygen atoms in total. The zero-order valence-electron chi connectivity index (χ0n) is 17.6. The van der Waals surface area contributed by atoms with Gasteiger partial charge in [-0.2, -0.15) is 0 Å². The maximum Gasteiger partial charge on any atom is 0.251 e. The van der Waals surface area contributed by atoms with Crippen LogP contribution >= 0.6 is 11.8 Å². The average molecular weight is 436 g/mol. The van der Waals surface area contributed by atoms with Gasteiger partial charge in [0, 0.05) is 24.3 Å². The maximum atomic E-state index is 12.8. The second-order valence-corrected chi connectivity index (χ2v) is 8.30. The fraction of sp³-hybridized carbons (Fsp3) is 0.304. The van der Waals surface area contributed by atoms with Crippen molar-refractivity contribution in [2.75, 3.05) is 17.2 Å². The topological polar surface area (TPSA) is 80.1 Å². The average Bonchev–Trinajstić information content (AvgIpc) is 3.42. The number of hydrogen-bond acceptors (Lipinski definition) is 5. The van der Waals surface area contributed by atoms with E-state index >= 15 is 0 Å². The summed E-state index contributed by atoms with van der Waals surface area (Å²) in [4.78, 5) is 27.1. The molecule has 0 unspecified atom stereocenters. The Labute approximate surface area is 185 Å². The molecule has 160 valence electrons. The minimum Gasteiger partial charge on any atom is -0.342 e. The summed E-state index contributed by atoms with van der Waals surface area (Å²) in [6, 6.07) is 16.8. The Morgan fingerprint density at radius 2 is 1.84 bits per heavy atom. The largest absolute Gasteiger partial charge is 0.342 e. The van der Waals surface area contributed by atoms with Gasteiger partial charge in [-0.1, -0.05) is 48.2 Å². The van der Waals surface area contributed by atoms with Gasteiger partial charge in [-0.15, -0.1) is 10.2 Å². The summed E-state index contributed by atoms with van der Waals surface area (Å²) < 4.78 is 1.95.